The summed E-state index contributed by atoms with van der Waals surface area (Å²) < 4.78 is 1.48. The first kappa shape index (κ1) is 12.1. The molecule has 0 fully saturated rings. The first-order valence-electron chi connectivity index (χ1n) is 5.58. The summed E-state index contributed by atoms with van der Waals surface area (Å²) in [5.74, 6) is 5.87. The van der Waals surface area contributed by atoms with E-state index in [0.29, 0.717) is 13.0 Å². The van der Waals surface area contributed by atoms with Crippen LogP contribution >= 0.6 is 0 Å². The standard InChI is InChI=1S/C13H13N3O2/c17-8-4-3-6-11-5-1-2-7-12(11)9-16-10-14-15-13(16)18/h1-2,5,7,10,17H,4,8-9H2,(H,15,18). The zero-order valence-corrected chi connectivity index (χ0v) is 9.76. The number of hydrogen-bond donors (Lipinski definition) is 2. The van der Waals surface area contributed by atoms with E-state index in [1.54, 1.807) is 0 Å². The maximum atomic E-state index is 11.4. The van der Waals surface area contributed by atoms with Gasteiger partial charge in [0.05, 0.1) is 13.2 Å². The van der Waals surface area contributed by atoms with Gasteiger partial charge in [-0.05, 0) is 11.6 Å². The zero-order chi connectivity index (χ0) is 12.8. The smallest absolute Gasteiger partial charge is 0.343 e. The van der Waals surface area contributed by atoms with Gasteiger partial charge in [0, 0.05) is 12.0 Å². The Labute approximate surface area is 104 Å². The number of aliphatic hydroxyl groups is 1. The number of nitrogens with zero attached hydrogens (tertiary/aromatic N) is 2. The Bertz CT molecular complexity index is 631. The van der Waals surface area contributed by atoms with E-state index in [0.717, 1.165) is 11.1 Å². The van der Waals surface area contributed by atoms with Crippen molar-refractivity contribution >= 4 is 0 Å². The molecule has 5 heteroatoms. The Morgan fingerprint density at radius 2 is 2.22 bits per heavy atom. The first-order valence-corrected chi connectivity index (χ1v) is 5.58. The third kappa shape index (κ3) is 2.87. The minimum Gasteiger partial charge on any atom is -0.395 e. The van der Waals surface area contributed by atoms with Gasteiger partial charge in [-0.3, -0.25) is 4.57 Å². The van der Waals surface area contributed by atoms with Crippen molar-refractivity contribution in [3.63, 3.8) is 0 Å². The van der Waals surface area contributed by atoms with E-state index in [1.165, 1.54) is 10.9 Å². The molecule has 2 rings (SSSR count). The summed E-state index contributed by atoms with van der Waals surface area (Å²) in [4.78, 5) is 11.4. The summed E-state index contributed by atoms with van der Waals surface area (Å²) in [6, 6.07) is 7.61. The second-order valence-corrected chi connectivity index (χ2v) is 3.72. The molecule has 0 unspecified atom stereocenters. The van der Waals surface area contributed by atoms with Gasteiger partial charge in [-0.1, -0.05) is 30.0 Å². The third-order valence-electron chi connectivity index (χ3n) is 2.44. The van der Waals surface area contributed by atoms with E-state index < -0.39 is 0 Å². The molecule has 0 spiro atoms. The highest BCUT2D eigenvalue weighted by Crippen LogP contribution is 2.08. The number of aromatic amines is 1. The van der Waals surface area contributed by atoms with E-state index in [9.17, 15) is 4.79 Å². The van der Waals surface area contributed by atoms with Crippen molar-refractivity contribution < 1.29 is 5.11 Å². The molecule has 1 aromatic heterocycles. The van der Waals surface area contributed by atoms with Crippen LogP contribution in [-0.2, 0) is 6.54 Å². The summed E-state index contributed by atoms with van der Waals surface area (Å²) in [5, 5.41) is 14.7. The number of aliphatic hydroxyl groups excluding tert-OH is 1. The van der Waals surface area contributed by atoms with Crippen molar-refractivity contribution in [2.24, 2.45) is 0 Å². The van der Waals surface area contributed by atoms with Crippen LogP contribution in [-0.4, -0.2) is 26.5 Å². The number of H-pyrrole nitrogens is 1. The SMILES string of the molecule is O=c1[nH]ncn1Cc1ccccc1C#CCCO. The Balaban J connectivity index is 2.26. The molecule has 0 radical (unpaired) electrons. The van der Waals surface area contributed by atoms with Crippen molar-refractivity contribution in [2.75, 3.05) is 6.61 Å². The molecule has 0 atom stereocenters. The molecule has 0 amide bonds. The molecule has 0 saturated carbocycles. The Kier molecular flexibility index (Phi) is 3.94. The topological polar surface area (TPSA) is 70.9 Å². The van der Waals surface area contributed by atoms with E-state index in [-0.39, 0.29) is 12.3 Å². The lowest BCUT2D eigenvalue weighted by atomic mass is 10.1. The van der Waals surface area contributed by atoms with Gasteiger partial charge in [0.1, 0.15) is 6.33 Å². The Hall–Kier alpha value is -2.32. The summed E-state index contributed by atoms with van der Waals surface area (Å²) >= 11 is 0. The summed E-state index contributed by atoms with van der Waals surface area (Å²) in [5.41, 5.74) is 1.57. The largest absolute Gasteiger partial charge is 0.395 e. The fraction of sp³-hybridized carbons (Fsp3) is 0.231. The molecule has 1 aromatic carbocycles. The maximum absolute atomic E-state index is 11.4. The van der Waals surface area contributed by atoms with E-state index in [4.69, 9.17) is 5.11 Å². The number of nitrogens with one attached hydrogen (secondary N) is 1. The average molecular weight is 243 g/mol. The molecule has 18 heavy (non-hydrogen) atoms. The van der Waals surface area contributed by atoms with Crippen LogP contribution in [0.3, 0.4) is 0 Å². The van der Waals surface area contributed by atoms with Crippen molar-refractivity contribution in [2.45, 2.75) is 13.0 Å². The lowest BCUT2D eigenvalue weighted by molar-refractivity contribution is 0.305. The Morgan fingerprint density at radius 1 is 1.39 bits per heavy atom. The molecular formula is C13H13N3O2. The average Bonchev–Trinajstić information content (AvgIpc) is 2.78. The van der Waals surface area contributed by atoms with E-state index in [2.05, 4.69) is 22.0 Å². The third-order valence-corrected chi connectivity index (χ3v) is 2.44. The fourth-order valence-electron chi connectivity index (χ4n) is 1.56. The highest BCUT2D eigenvalue weighted by Gasteiger charge is 2.02. The summed E-state index contributed by atoms with van der Waals surface area (Å²) in [6.45, 7) is 0.482. The number of benzene rings is 1. The fourth-order valence-corrected chi connectivity index (χ4v) is 1.56. The van der Waals surface area contributed by atoms with Crippen molar-refractivity contribution in [1.82, 2.24) is 14.8 Å². The van der Waals surface area contributed by atoms with Gasteiger partial charge >= 0.3 is 5.69 Å². The van der Waals surface area contributed by atoms with Gasteiger partial charge in [0.2, 0.25) is 0 Å². The van der Waals surface area contributed by atoms with E-state index >= 15 is 0 Å². The maximum Gasteiger partial charge on any atom is 0.343 e. The predicted octanol–water partition coefficient (Wildman–Crippen LogP) is 0.354. The summed E-state index contributed by atoms with van der Waals surface area (Å²) in [7, 11) is 0. The molecule has 0 aliphatic rings. The highest BCUT2D eigenvalue weighted by atomic mass is 16.2. The molecule has 2 N–H and O–H groups in total. The van der Waals surface area contributed by atoms with Crippen LogP contribution in [0.25, 0.3) is 0 Å². The number of aromatic nitrogens is 3. The zero-order valence-electron chi connectivity index (χ0n) is 9.76. The van der Waals surface area contributed by atoms with Crippen LogP contribution < -0.4 is 5.69 Å². The molecule has 1 heterocycles. The van der Waals surface area contributed by atoms with Gasteiger partial charge in [0.25, 0.3) is 0 Å². The molecular weight excluding hydrogens is 230 g/mol. The van der Waals surface area contributed by atoms with Crippen LogP contribution in [0.4, 0.5) is 0 Å². The molecule has 0 aliphatic heterocycles. The second kappa shape index (κ2) is 5.84. The van der Waals surface area contributed by atoms with Crippen LogP contribution in [0.5, 0.6) is 0 Å². The second-order valence-electron chi connectivity index (χ2n) is 3.72. The van der Waals surface area contributed by atoms with Gasteiger partial charge in [0.15, 0.2) is 0 Å². The van der Waals surface area contributed by atoms with Crippen molar-refractivity contribution in [1.29, 1.82) is 0 Å². The normalized spacial score (nSPS) is 9.83. The molecule has 92 valence electrons. The molecule has 2 aromatic rings. The predicted molar refractivity (Wildman–Crippen MR) is 67.0 cm³/mol. The van der Waals surface area contributed by atoms with Crippen LogP contribution in [0, 0.1) is 11.8 Å². The number of rotatable bonds is 3. The van der Waals surface area contributed by atoms with Gasteiger partial charge in [-0.25, -0.2) is 9.89 Å². The van der Waals surface area contributed by atoms with Crippen molar-refractivity contribution in [3.05, 3.63) is 52.2 Å². The monoisotopic (exact) mass is 243 g/mol. The van der Waals surface area contributed by atoms with Crippen LogP contribution in [0.15, 0.2) is 35.4 Å². The van der Waals surface area contributed by atoms with Gasteiger partial charge in [-0.15, -0.1) is 0 Å². The highest BCUT2D eigenvalue weighted by molar-refractivity contribution is 5.41. The minimum absolute atomic E-state index is 0.0519. The van der Waals surface area contributed by atoms with E-state index in [1.807, 2.05) is 24.3 Å². The lowest BCUT2D eigenvalue weighted by Gasteiger charge is -2.03. The minimum atomic E-state index is -0.242. The summed E-state index contributed by atoms with van der Waals surface area (Å²) in [6.07, 6.45) is 1.90. The Morgan fingerprint density at radius 3 is 2.94 bits per heavy atom. The number of hydrogen-bond acceptors (Lipinski definition) is 3. The van der Waals surface area contributed by atoms with Crippen molar-refractivity contribution in [3.8, 4) is 11.8 Å². The van der Waals surface area contributed by atoms with Gasteiger partial charge in [-0.2, -0.15) is 5.10 Å². The molecule has 0 bridgehead atoms. The molecule has 0 aliphatic carbocycles. The molecule has 0 saturated heterocycles. The van der Waals surface area contributed by atoms with Crippen LogP contribution in [0.1, 0.15) is 17.5 Å². The molecule has 5 nitrogen and oxygen atoms in total. The first-order chi connectivity index (χ1) is 8.81. The quantitative estimate of drug-likeness (QED) is 0.764. The van der Waals surface area contributed by atoms with Crippen LogP contribution in [0.2, 0.25) is 0 Å². The van der Waals surface area contributed by atoms with Gasteiger partial charge < -0.3 is 5.11 Å². The lowest BCUT2D eigenvalue weighted by Crippen LogP contribution is -2.17.